The highest BCUT2D eigenvalue weighted by Crippen LogP contribution is 2.44. The summed E-state index contributed by atoms with van der Waals surface area (Å²) in [6.45, 7) is 2.32. The van der Waals surface area contributed by atoms with Crippen LogP contribution in [0.4, 0.5) is 4.79 Å². The Labute approximate surface area is 379 Å². The van der Waals surface area contributed by atoms with E-state index in [4.69, 9.17) is 37.9 Å². The number of amides is 1. The highest BCUT2D eigenvalue weighted by Gasteiger charge is 2.40. The molecule has 0 spiro atoms. The average molecular weight is 903 g/mol. The molecule has 0 aromatic heterocycles. The molecular weight excluding hydrogens is 841 g/mol. The Kier molecular flexibility index (Phi) is 18.6. The molecule has 2 unspecified atom stereocenters. The predicted molar refractivity (Wildman–Crippen MR) is 237 cm³/mol. The van der Waals surface area contributed by atoms with E-state index in [0.29, 0.717) is 18.8 Å². The van der Waals surface area contributed by atoms with Crippen LogP contribution in [0, 0.1) is 0 Å². The molecular formula is C49H62N2O14. The minimum Gasteiger partial charge on any atom is -0.449 e. The second-order valence-electron chi connectivity index (χ2n) is 16.4. The Bertz CT molecular complexity index is 1970. The Morgan fingerprint density at radius 3 is 1.83 bits per heavy atom. The molecule has 352 valence electrons. The zero-order chi connectivity index (χ0) is 45.4. The molecule has 65 heavy (non-hydrogen) atoms. The van der Waals surface area contributed by atoms with Crippen molar-refractivity contribution in [2.75, 3.05) is 85.6 Å². The van der Waals surface area contributed by atoms with Gasteiger partial charge in [-0.15, -0.1) is 0 Å². The number of alkyl carbamates (subject to hydrolysis) is 1. The SMILES string of the molecule is O=C(NCCOCCOCCOCCN(C[C@H](O)C[C@@H]1OC(c2ccccc2)OC[C@H]1O)C[C@H](O)[C@@H](O)[C@@H]1OC(c2ccccc2)OC[C@H]1O)OCC1c2ccccc2-c2ccccc21. The standard InChI is InChI=1S/C49H62N2O14/c52-35(27-44-42(54)31-61-47(64-44)33-11-3-1-4-12-33)28-51(29-41(53)45(56)46-43(55)32-62-48(65-46)34-13-5-2-6-14-34)20-22-59-24-26-60-25-23-58-21-19-50-49(57)63-30-40-38-17-9-7-15-36(38)37-16-8-10-18-39(37)40/h1-18,35,40-48,52-56H,19-32H2,(H,50,57)/t35-,41+,42-,43-,44+,45-,46-,47?,48?/m1/s1. The summed E-state index contributed by atoms with van der Waals surface area (Å²) in [5.41, 5.74) is 6.13. The second kappa shape index (κ2) is 25.0. The number of hydrogen-bond donors (Lipinski definition) is 6. The van der Waals surface area contributed by atoms with E-state index in [-0.39, 0.29) is 84.8 Å². The van der Waals surface area contributed by atoms with E-state index in [1.165, 1.54) is 11.1 Å². The average Bonchev–Trinajstić information content (AvgIpc) is 3.65. The van der Waals surface area contributed by atoms with Crippen molar-refractivity contribution in [3.8, 4) is 11.1 Å². The quantitative estimate of drug-likeness (QED) is 0.0558. The minimum absolute atomic E-state index is 0.0139. The maximum absolute atomic E-state index is 12.4. The molecule has 3 aliphatic rings. The van der Waals surface area contributed by atoms with Crippen molar-refractivity contribution in [2.24, 2.45) is 0 Å². The van der Waals surface area contributed by atoms with E-state index >= 15 is 0 Å². The number of fused-ring (bicyclic) bond motifs is 3. The molecule has 16 heteroatoms. The van der Waals surface area contributed by atoms with Gasteiger partial charge < -0.3 is 68.7 Å². The topological polar surface area (TPSA) is 207 Å². The van der Waals surface area contributed by atoms with Crippen molar-refractivity contribution >= 4 is 6.09 Å². The van der Waals surface area contributed by atoms with Gasteiger partial charge in [-0.3, -0.25) is 4.90 Å². The Hall–Kier alpha value is -4.37. The summed E-state index contributed by atoms with van der Waals surface area (Å²) in [7, 11) is 0. The van der Waals surface area contributed by atoms with Gasteiger partial charge in [0.05, 0.1) is 71.2 Å². The molecule has 16 nitrogen and oxygen atoms in total. The van der Waals surface area contributed by atoms with Crippen molar-refractivity contribution in [2.45, 2.75) is 67.6 Å². The molecule has 2 fully saturated rings. The Balaban J connectivity index is 0.805. The van der Waals surface area contributed by atoms with E-state index in [2.05, 4.69) is 29.6 Å². The van der Waals surface area contributed by atoms with Crippen LogP contribution in [0.15, 0.2) is 109 Å². The van der Waals surface area contributed by atoms with Crippen molar-refractivity contribution in [3.05, 3.63) is 131 Å². The third-order valence-electron chi connectivity index (χ3n) is 11.7. The number of aliphatic hydroxyl groups is 5. The van der Waals surface area contributed by atoms with E-state index < -0.39 is 61.4 Å². The van der Waals surface area contributed by atoms with Crippen molar-refractivity contribution in [1.82, 2.24) is 10.2 Å². The monoisotopic (exact) mass is 902 g/mol. The first kappa shape index (κ1) is 48.6. The molecule has 2 saturated heterocycles. The third kappa shape index (κ3) is 13.8. The lowest BCUT2D eigenvalue weighted by Gasteiger charge is -2.39. The van der Waals surface area contributed by atoms with Gasteiger partial charge >= 0.3 is 6.09 Å². The van der Waals surface area contributed by atoms with Crippen LogP contribution < -0.4 is 5.32 Å². The highest BCUT2D eigenvalue weighted by molar-refractivity contribution is 5.79. The first-order valence-corrected chi connectivity index (χ1v) is 22.3. The molecule has 6 N–H and O–H groups in total. The third-order valence-corrected chi connectivity index (χ3v) is 11.7. The van der Waals surface area contributed by atoms with Gasteiger partial charge in [-0.2, -0.15) is 0 Å². The summed E-state index contributed by atoms with van der Waals surface area (Å²) in [4.78, 5) is 14.2. The fourth-order valence-electron chi connectivity index (χ4n) is 8.33. The molecule has 7 rings (SSSR count). The van der Waals surface area contributed by atoms with Crippen molar-refractivity contribution < 1.29 is 68.2 Å². The molecule has 0 radical (unpaired) electrons. The van der Waals surface area contributed by atoms with Gasteiger partial charge in [0.25, 0.3) is 0 Å². The van der Waals surface area contributed by atoms with E-state index in [1.807, 2.05) is 84.9 Å². The number of rotatable bonds is 24. The lowest BCUT2D eigenvalue weighted by Crippen LogP contribution is -2.54. The number of aliphatic hydroxyl groups excluding tert-OH is 5. The van der Waals surface area contributed by atoms with Gasteiger partial charge in [-0.1, -0.05) is 109 Å². The van der Waals surface area contributed by atoms with Crippen LogP contribution in [0.5, 0.6) is 0 Å². The molecule has 2 aliphatic heterocycles. The number of carbonyl (C=O) groups is 1. The van der Waals surface area contributed by atoms with Crippen LogP contribution in [0.3, 0.4) is 0 Å². The zero-order valence-electron chi connectivity index (χ0n) is 36.4. The number of carbonyl (C=O) groups excluding carboxylic acids is 1. The number of hydrogen-bond acceptors (Lipinski definition) is 15. The van der Waals surface area contributed by atoms with Crippen LogP contribution >= 0.6 is 0 Å². The van der Waals surface area contributed by atoms with Crippen molar-refractivity contribution in [3.63, 3.8) is 0 Å². The van der Waals surface area contributed by atoms with Crippen LogP contribution in [0.2, 0.25) is 0 Å². The van der Waals surface area contributed by atoms with Crippen LogP contribution in [-0.4, -0.2) is 165 Å². The normalized spacial score (nSPS) is 23.4. The molecule has 4 aromatic rings. The molecule has 4 aromatic carbocycles. The lowest BCUT2D eigenvalue weighted by molar-refractivity contribution is -0.283. The number of ether oxygens (including phenoxy) is 8. The van der Waals surface area contributed by atoms with E-state index in [1.54, 1.807) is 4.90 Å². The maximum atomic E-state index is 12.4. The molecule has 0 saturated carbocycles. The summed E-state index contributed by atoms with van der Waals surface area (Å²) in [5, 5.41) is 57.9. The van der Waals surface area contributed by atoms with Gasteiger partial charge in [0.2, 0.25) is 0 Å². The molecule has 1 amide bonds. The molecule has 2 heterocycles. The molecule has 1 aliphatic carbocycles. The summed E-state index contributed by atoms with van der Waals surface area (Å²) in [5.74, 6) is -0.0139. The number of benzene rings is 4. The van der Waals surface area contributed by atoms with Crippen molar-refractivity contribution in [1.29, 1.82) is 0 Å². The van der Waals surface area contributed by atoms with Gasteiger partial charge in [-0.25, -0.2) is 4.79 Å². The first-order chi connectivity index (χ1) is 31.7. The summed E-state index contributed by atoms with van der Waals surface area (Å²) in [6, 6.07) is 34.8. The molecule has 0 bridgehead atoms. The van der Waals surface area contributed by atoms with Crippen LogP contribution in [0.25, 0.3) is 11.1 Å². The maximum Gasteiger partial charge on any atom is 0.407 e. The predicted octanol–water partition coefficient (Wildman–Crippen LogP) is 3.30. The van der Waals surface area contributed by atoms with E-state index in [0.717, 1.165) is 16.7 Å². The minimum atomic E-state index is -1.49. The largest absolute Gasteiger partial charge is 0.449 e. The number of nitrogens with zero attached hydrogens (tertiary/aromatic N) is 1. The highest BCUT2D eigenvalue weighted by atomic mass is 16.7. The summed E-state index contributed by atoms with van der Waals surface area (Å²) < 4.78 is 46.0. The van der Waals surface area contributed by atoms with Gasteiger partial charge in [0.15, 0.2) is 12.6 Å². The summed E-state index contributed by atoms with van der Waals surface area (Å²) in [6.07, 6.45) is -9.87. The van der Waals surface area contributed by atoms with Crippen LogP contribution in [0.1, 0.15) is 47.2 Å². The Morgan fingerprint density at radius 2 is 1.20 bits per heavy atom. The molecule has 9 atom stereocenters. The fraction of sp³-hybridized carbons (Fsp3) is 0.490. The van der Waals surface area contributed by atoms with Gasteiger partial charge in [0.1, 0.15) is 31.0 Å². The van der Waals surface area contributed by atoms with Crippen LogP contribution in [-0.2, 0) is 37.9 Å². The first-order valence-electron chi connectivity index (χ1n) is 22.3. The fourth-order valence-corrected chi connectivity index (χ4v) is 8.33. The zero-order valence-corrected chi connectivity index (χ0v) is 36.4. The van der Waals surface area contributed by atoms with Gasteiger partial charge in [-0.05, 0) is 22.3 Å². The van der Waals surface area contributed by atoms with E-state index in [9.17, 15) is 30.3 Å². The summed E-state index contributed by atoms with van der Waals surface area (Å²) >= 11 is 0. The lowest BCUT2D eigenvalue weighted by atomic mass is 9.98. The smallest absolute Gasteiger partial charge is 0.407 e. The number of nitrogens with one attached hydrogen (secondary N) is 1. The Morgan fingerprint density at radius 1 is 0.662 bits per heavy atom. The van der Waals surface area contributed by atoms with Gasteiger partial charge in [0, 0.05) is 49.6 Å². The second-order valence-corrected chi connectivity index (χ2v) is 16.4.